The summed E-state index contributed by atoms with van der Waals surface area (Å²) < 4.78 is 7.94. The maximum atomic E-state index is 2.50. The fourth-order valence-electron chi connectivity index (χ4n) is 3.66. The quantitative estimate of drug-likeness (QED) is 0.728. The van der Waals surface area contributed by atoms with Crippen molar-refractivity contribution in [2.75, 3.05) is 34.4 Å². The zero-order valence-corrected chi connectivity index (χ0v) is 17.7. The molecule has 1 saturated heterocycles. The molecule has 1 unspecified atom stereocenters. The molecule has 1 aromatic heterocycles. The van der Waals surface area contributed by atoms with Crippen LogP contribution in [0.3, 0.4) is 0 Å². The molecule has 5 heteroatoms. The Hall–Kier alpha value is -0.0400. The van der Waals surface area contributed by atoms with E-state index in [0.717, 1.165) is 0 Å². The van der Waals surface area contributed by atoms with Gasteiger partial charge in [-0.15, -0.1) is 11.3 Å². The summed E-state index contributed by atoms with van der Waals surface area (Å²) in [6, 6.07) is 9.08. The van der Waals surface area contributed by atoms with Gasteiger partial charge in [-0.05, 0) is 58.4 Å². The Labute approximate surface area is 147 Å². The van der Waals surface area contributed by atoms with Gasteiger partial charge in [-0.1, -0.05) is 40.0 Å². The number of hydrogen-bond acceptors (Lipinski definition) is 3. The SMILES string of the molecule is CN(C)P(c1sc2ccccc2c1P1CCCC1(C)C)N(C)C. The van der Waals surface area contributed by atoms with E-state index in [1.807, 2.05) is 11.3 Å². The minimum atomic E-state index is -0.398. The van der Waals surface area contributed by atoms with Crippen LogP contribution in [0.4, 0.5) is 0 Å². The van der Waals surface area contributed by atoms with E-state index >= 15 is 0 Å². The molecule has 1 aliphatic heterocycles. The van der Waals surface area contributed by atoms with Gasteiger partial charge in [-0.3, -0.25) is 9.34 Å². The fourth-order valence-corrected chi connectivity index (χ4v) is 12.1. The zero-order valence-electron chi connectivity index (χ0n) is 15.1. The summed E-state index contributed by atoms with van der Waals surface area (Å²) in [5, 5.41) is 3.73. The lowest BCUT2D eigenvalue weighted by Gasteiger charge is -2.34. The largest absolute Gasteiger partial charge is 0.272 e. The molecule has 0 radical (unpaired) electrons. The Morgan fingerprint density at radius 2 is 1.74 bits per heavy atom. The van der Waals surface area contributed by atoms with Gasteiger partial charge in [0.2, 0.25) is 0 Å². The molecule has 0 spiro atoms. The van der Waals surface area contributed by atoms with E-state index in [1.165, 1.54) is 29.1 Å². The summed E-state index contributed by atoms with van der Waals surface area (Å²) in [5.74, 6) is 0. The lowest BCUT2D eigenvalue weighted by molar-refractivity contribution is 0.585. The van der Waals surface area contributed by atoms with Gasteiger partial charge in [0.1, 0.15) is 0 Å². The predicted octanol–water partition coefficient (Wildman–Crippen LogP) is 4.64. The standard InChI is InChI=1S/C18H28N2P2S/c1-18(2)12-9-13-21(18)16-14-10-7-8-11-15(14)23-17(16)22(19(3)4)20(5)6/h7-8,10-11H,9,12-13H2,1-6H3. The molecule has 1 atom stereocenters. The van der Waals surface area contributed by atoms with Crippen molar-refractivity contribution in [2.24, 2.45) is 0 Å². The number of fused-ring (bicyclic) bond motifs is 1. The predicted molar refractivity (Wildman–Crippen MR) is 110 cm³/mol. The monoisotopic (exact) mass is 366 g/mol. The summed E-state index contributed by atoms with van der Waals surface area (Å²) in [4.78, 5) is 0. The van der Waals surface area contributed by atoms with Gasteiger partial charge in [0.25, 0.3) is 0 Å². The van der Waals surface area contributed by atoms with Gasteiger partial charge in [0.15, 0.2) is 0 Å². The Morgan fingerprint density at radius 1 is 1.09 bits per heavy atom. The molecule has 0 saturated carbocycles. The van der Waals surface area contributed by atoms with Crippen LogP contribution in [0.2, 0.25) is 0 Å². The maximum Gasteiger partial charge on any atom is 0.0826 e. The lowest BCUT2D eigenvalue weighted by Crippen LogP contribution is -2.32. The minimum absolute atomic E-state index is 0.0757. The molecule has 3 rings (SSSR count). The normalized spacial score (nSPS) is 21.2. The number of hydrogen-bond donors (Lipinski definition) is 0. The minimum Gasteiger partial charge on any atom is -0.272 e. The van der Waals surface area contributed by atoms with Crippen molar-refractivity contribution in [3.63, 3.8) is 0 Å². The van der Waals surface area contributed by atoms with Crippen LogP contribution in [-0.4, -0.2) is 48.8 Å². The zero-order chi connectivity index (χ0) is 16.8. The molecule has 0 amide bonds. The van der Waals surface area contributed by atoms with E-state index < -0.39 is 8.22 Å². The first-order valence-corrected chi connectivity index (χ1v) is 11.9. The van der Waals surface area contributed by atoms with Crippen LogP contribution in [0.25, 0.3) is 10.1 Å². The van der Waals surface area contributed by atoms with Crippen molar-refractivity contribution in [2.45, 2.75) is 31.8 Å². The maximum absolute atomic E-state index is 2.50. The van der Waals surface area contributed by atoms with Crippen molar-refractivity contribution in [3.05, 3.63) is 24.3 Å². The first-order valence-electron chi connectivity index (χ1n) is 8.27. The molecule has 2 nitrogen and oxygen atoms in total. The smallest absolute Gasteiger partial charge is 0.0826 e. The molecular weight excluding hydrogens is 338 g/mol. The third kappa shape index (κ3) is 3.24. The molecule has 126 valence electrons. The number of thiophene rings is 1. The second-order valence-corrected chi connectivity index (χ2v) is 14.2. The van der Waals surface area contributed by atoms with Gasteiger partial charge in [0, 0.05) is 15.4 Å². The number of rotatable bonds is 4. The first-order chi connectivity index (χ1) is 10.8. The van der Waals surface area contributed by atoms with E-state index in [1.54, 1.807) is 9.92 Å². The molecule has 0 N–H and O–H groups in total. The van der Waals surface area contributed by atoms with Crippen molar-refractivity contribution >= 4 is 47.5 Å². The molecule has 0 aliphatic carbocycles. The van der Waals surface area contributed by atoms with Gasteiger partial charge in [-0.25, -0.2) is 0 Å². The summed E-state index contributed by atoms with van der Waals surface area (Å²) in [7, 11) is 8.44. The summed E-state index contributed by atoms with van der Waals surface area (Å²) in [6.07, 6.45) is 4.18. The molecule has 1 aliphatic rings. The second kappa shape index (κ2) is 6.70. The fraction of sp³-hybridized carbons (Fsp3) is 0.556. The van der Waals surface area contributed by atoms with Crippen molar-refractivity contribution in [1.29, 1.82) is 0 Å². The van der Waals surface area contributed by atoms with Gasteiger partial charge in [-0.2, -0.15) is 0 Å². The molecule has 2 aromatic rings. The average Bonchev–Trinajstić information content (AvgIpc) is 2.97. The second-order valence-electron chi connectivity index (χ2n) is 7.30. The molecule has 2 heterocycles. The highest BCUT2D eigenvalue weighted by Gasteiger charge is 2.39. The van der Waals surface area contributed by atoms with E-state index in [4.69, 9.17) is 0 Å². The van der Waals surface area contributed by atoms with Crippen molar-refractivity contribution in [3.8, 4) is 0 Å². The van der Waals surface area contributed by atoms with E-state index in [9.17, 15) is 0 Å². The van der Waals surface area contributed by atoms with Crippen molar-refractivity contribution in [1.82, 2.24) is 9.34 Å². The Bertz CT molecular complexity index is 685. The van der Waals surface area contributed by atoms with Crippen LogP contribution in [0.5, 0.6) is 0 Å². The highest BCUT2D eigenvalue weighted by Crippen LogP contribution is 2.59. The topological polar surface area (TPSA) is 6.48 Å². The summed E-state index contributed by atoms with van der Waals surface area (Å²) in [6.45, 7) is 4.99. The third-order valence-electron chi connectivity index (χ3n) is 4.66. The van der Waals surface area contributed by atoms with Gasteiger partial charge >= 0.3 is 0 Å². The Kier molecular flexibility index (Phi) is 5.17. The van der Waals surface area contributed by atoms with Crippen LogP contribution < -0.4 is 9.92 Å². The molecule has 1 aromatic carbocycles. The van der Waals surface area contributed by atoms with Crippen LogP contribution in [0.15, 0.2) is 24.3 Å². The van der Waals surface area contributed by atoms with E-state index in [0.29, 0.717) is 5.16 Å². The molecule has 23 heavy (non-hydrogen) atoms. The van der Waals surface area contributed by atoms with Crippen LogP contribution in [0, 0.1) is 0 Å². The van der Waals surface area contributed by atoms with E-state index in [2.05, 4.69) is 75.6 Å². The molecule has 1 fully saturated rings. The van der Waals surface area contributed by atoms with Crippen LogP contribution in [0.1, 0.15) is 26.7 Å². The summed E-state index contributed by atoms with van der Waals surface area (Å²) in [5.41, 5.74) is 0. The highest BCUT2D eigenvalue weighted by molar-refractivity contribution is 7.76. The van der Waals surface area contributed by atoms with Crippen LogP contribution >= 0.6 is 27.5 Å². The number of nitrogens with zero attached hydrogens (tertiary/aromatic N) is 2. The van der Waals surface area contributed by atoms with Gasteiger partial charge in [0.05, 0.1) is 12.8 Å². The van der Waals surface area contributed by atoms with Crippen molar-refractivity contribution < 1.29 is 0 Å². The van der Waals surface area contributed by atoms with Crippen LogP contribution in [-0.2, 0) is 0 Å². The highest BCUT2D eigenvalue weighted by atomic mass is 32.1. The lowest BCUT2D eigenvalue weighted by atomic mass is 10.1. The average molecular weight is 366 g/mol. The number of benzene rings is 1. The first kappa shape index (κ1) is 17.8. The van der Waals surface area contributed by atoms with E-state index in [-0.39, 0.29) is 7.92 Å². The van der Waals surface area contributed by atoms with Gasteiger partial charge < -0.3 is 0 Å². The molecule has 0 bridgehead atoms. The Morgan fingerprint density at radius 3 is 2.30 bits per heavy atom. The summed E-state index contributed by atoms with van der Waals surface area (Å²) >= 11 is 2.04. The Balaban J connectivity index is 2.23. The third-order valence-corrected chi connectivity index (χ3v) is 12.3. The molecular formula is C18H28N2P2S.